The molecular formula is C37H32N2O. The first kappa shape index (κ1) is 23.4. The van der Waals surface area contributed by atoms with Crippen molar-refractivity contribution in [2.45, 2.75) is 25.4 Å². The van der Waals surface area contributed by atoms with Crippen molar-refractivity contribution in [3.8, 4) is 11.4 Å². The summed E-state index contributed by atoms with van der Waals surface area (Å²) in [4.78, 5) is 2.38. The number of allylic oxidation sites excluding steroid dienone is 8. The van der Waals surface area contributed by atoms with Crippen molar-refractivity contribution in [3.63, 3.8) is 0 Å². The van der Waals surface area contributed by atoms with E-state index in [1.807, 2.05) is 0 Å². The lowest BCUT2D eigenvalue weighted by Gasteiger charge is -2.31. The highest BCUT2D eigenvalue weighted by Gasteiger charge is 2.35. The molecule has 3 nitrogen and oxygen atoms in total. The number of hydrogen-bond acceptors (Lipinski definition) is 2. The number of fused-ring (bicyclic) bond motifs is 7. The molecule has 8 rings (SSSR count). The van der Waals surface area contributed by atoms with Crippen molar-refractivity contribution in [1.82, 2.24) is 9.47 Å². The lowest BCUT2D eigenvalue weighted by molar-refractivity contribution is 0.269. The lowest BCUT2D eigenvalue weighted by Crippen LogP contribution is -2.26. The van der Waals surface area contributed by atoms with E-state index in [1.165, 1.54) is 55.5 Å². The molecule has 0 bridgehead atoms. The number of likely N-dealkylation sites (N-methyl/N-ethyl adjacent to an activating group) is 1. The van der Waals surface area contributed by atoms with E-state index >= 15 is 0 Å². The monoisotopic (exact) mass is 520 g/mol. The van der Waals surface area contributed by atoms with E-state index in [4.69, 9.17) is 4.74 Å². The third kappa shape index (κ3) is 3.57. The van der Waals surface area contributed by atoms with Crippen LogP contribution in [0.15, 0.2) is 127 Å². The Bertz CT molecular complexity index is 1870. The molecule has 40 heavy (non-hydrogen) atoms. The first-order chi connectivity index (χ1) is 19.7. The summed E-state index contributed by atoms with van der Waals surface area (Å²) in [6.45, 7) is 3.18. The summed E-state index contributed by atoms with van der Waals surface area (Å²) >= 11 is 0. The Morgan fingerprint density at radius 2 is 1.82 bits per heavy atom. The molecule has 0 N–H and O–H groups in total. The van der Waals surface area contributed by atoms with E-state index in [1.54, 1.807) is 0 Å². The van der Waals surface area contributed by atoms with Gasteiger partial charge in [-0.3, -0.25) is 0 Å². The summed E-state index contributed by atoms with van der Waals surface area (Å²) < 4.78 is 8.89. The van der Waals surface area contributed by atoms with E-state index in [0.717, 1.165) is 18.7 Å². The molecule has 0 spiro atoms. The van der Waals surface area contributed by atoms with Gasteiger partial charge in [0.2, 0.25) is 0 Å². The Kier molecular flexibility index (Phi) is 5.28. The van der Waals surface area contributed by atoms with Crippen LogP contribution in [0.3, 0.4) is 0 Å². The number of hydrogen-bond donors (Lipinski definition) is 0. The van der Waals surface area contributed by atoms with Crippen LogP contribution in [-0.4, -0.2) is 29.2 Å². The zero-order chi connectivity index (χ0) is 26.8. The highest BCUT2D eigenvalue weighted by Crippen LogP contribution is 2.48. The molecule has 3 aromatic carbocycles. The number of benzene rings is 3. The lowest BCUT2D eigenvalue weighted by atomic mass is 9.88. The maximum atomic E-state index is 6.43. The van der Waals surface area contributed by atoms with Crippen molar-refractivity contribution in [2.24, 2.45) is 5.92 Å². The highest BCUT2D eigenvalue weighted by atomic mass is 16.5. The summed E-state index contributed by atoms with van der Waals surface area (Å²) in [5.41, 5.74) is 10.2. The van der Waals surface area contributed by atoms with Gasteiger partial charge in [0.1, 0.15) is 11.9 Å². The van der Waals surface area contributed by atoms with Crippen molar-refractivity contribution in [3.05, 3.63) is 138 Å². The molecule has 196 valence electrons. The van der Waals surface area contributed by atoms with Gasteiger partial charge in [0.25, 0.3) is 0 Å². The minimum Gasteiger partial charge on any atom is -0.485 e. The van der Waals surface area contributed by atoms with Gasteiger partial charge >= 0.3 is 0 Å². The van der Waals surface area contributed by atoms with E-state index < -0.39 is 0 Å². The molecule has 3 heterocycles. The van der Waals surface area contributed by atoms with Gasteiger partial charge in [-0.1, -0.05) is 78.4 Å². The SMILES string of the molecule is CC1=CCN(C)C(C2C=C(c3cccc(-n4c5ccccc5c5ccc6c(c54)C4C=CC=CC4O6)c3)C=CC2)=C1. The molecule has 3 heteroatoms. The third-order valence-electron chi connectivity index (χ3n) is 8.91. The quantitative estimate of drug-likeness (QED) is 0.269. The molecule has 2 aliphatic heterocycles. The van der Waals surface area contributed by atoms with Crippen molar-refractivity contribution in [2.75, 3.05) is 13.6 Å². The molecule has 4 aliphatic rings. The fraction of sp³-hybridized carbons (Fsp3) is 0.189. The second-order valence-electron chi connectivity index (χ2n) is 11.4. The van der Waals surface area contributed by atoms with Crippen LogP contribution in [0, 0.1) is 5.92 Å². The van der Waals surface area contributed by atoms with Crippen LogP contribution < -0.4 is 4.74 Å². The van der Waals surface area contributed by atoms with Gasteiger partial charge in [-0.15, -0.1) is 0 Å². The third-order valence-corrected chi connectivity index (χ3v) is 8.91. The largest absolute Gasteiger partial charge is 0.485 e. The summed E-state index contributed by atoms with van der Waals surface area (Å²) in [5, 5.41) is 2.55. The van der Waals surface area contributed by atoms with Crippen molar-refractivity contribution >= 4 is 27.4 Å². The fourth-order valence-corrected chi connectivity index (χ4v) is 6.95. The maximum Gasteiger partial charge on any atom is 0.128 e. The number of rotatable bonds is 3. The zero-order valence-electron chi connectivity index (χ0n) is 22.9. The Morgan fingerprint density at radius 1 is 0.925 bits per heavy atom. The van der Waals surface area contributed by atoms with E-state index in [0.29, 0.717) is 5.92 Å². The summed E-state index contributed by atoms with van der Waals surface area (Å²) in [6.07, 6.45) is 21.6. The topological polar surface area (TPSA) is 17.4 Å². The first-order valence-electron chi connectivity index (χ1n) is 14.3. The Morgan fingerprint density at radius 3 is 2.77 bits per heavy atom. The average Bonchev–Trinajstić information content (AvgIpc) is 3.54. The molecule has 0 saturated heterocycles. The molecular weight excluding hydrogens is 488 g/mol. The highest BCUT2D eigenvalue weighted by molar-refractivity contribution is 6.11. The summed E-state index contributed by atoms with van der Waals surface area (Å²) in [7, 11) is 2.20. The minimum absolute atomic E-state index is 0.0589. The predicted molar refractivity (Wildman–Crippen MR) is 166 cm³/mol. The first-order valence-corrected chi connectivity index (χ1v) is 14.3. The van der Waals surface area contributed by atoms with E-state index in [2.05, 4.69) is 139 Å². The van der Waals surface area contributed by atoms with Gasteiger partial charge in [0, 0.05) is 53.1 Å². The second-order valence-corrected chi connectivity index (χ2v) is 11.4. The van der Waals surface area contributed by atoms with Gasteiger partial charge in [-0.2, -0.15) is 0 Å². The van der Waals surface area contributed by atoms with Crippen LogP contribution in [0.5, 0.6) is 5.75 Å². The van der Waals surface area contributed by atoms with Crippen molar-refractivity contribution in [1.29, 1.82) is 0 Å². The molecule has 0 fully saturated rings. The normalized spacial score (nSPS) is 23.1. The van der Waals surface area contributed by atoms with Gasteiger partial charge in [-0.25, -0.2) is 0 Å². The fourth-order valence-electron chi connectivity index (χ4n) is 6.95. The predicted octanol–water partition coefficient (Wildman–Crippen LogP) is 8.49. The molecule has 2 aliphatic carbocycles. The van der Waals surface area contributed by atoms with Crippen LogP contribution in [0.25, 0.3) is 33.1 Å². The standard InChI is InChI=1S/C37H32N2O/c1-24-19-20-38(2)33(21-24)27-11-7-9-25(22-27)26-10-8-12-28(23-26)39-32-15-5-3-13-29(32)30-17-18-35-36(37(30)39)31-14-4-6-16-34(31)40-35/h3-10,12-19,21-23,27,31,34H,11,20H2,1-2H3. The van der Waals surface area contributed by atoms with Gasteiger partial charge in [0.05, 0.1) is 11.0 Å². The van der Waals surface area contributed by atoms with Gasteiger partial charge < -0.3 is 14.2 Å². The number of ether oxygens (including phenoxy) is 1. The van der Waals surface area contributed by atoms with Crippen molar-refractivity contribution < 1.29 is 4.74 Å². The van der Waals surface area contributed by atoms with Crippen LogP contribution in [0.1, 0.15) is 30.4 Å². The second kappa shape index (κ2) is 9.02. The zero-order valence-corrected chi connectivity index (χ0v) is 22.9. The van der Waals surface area contributed by atoms with Crippen LogP contribution in [0.2, 0.25) is 0 Å². The number of para-hydroxylation sites is 1. The van der Waals surface area contributed by atoms with Crippen LogP contribution in [-0.2, 0) is 0 Å². The van der Waals surface area contributed by atoms with Crippen LogP contribution >= 0.6 is 0 Å². The Labute approximate surface area is 235 Å². The summed E-state index contributed by atoms with van der Waals surface area (Å²) in [6, 6.07) is 22.2. The molecule has 3 atom stereocenters. The molecule has 3 unspecified atom stereocenters. The molecule has 0 radical (unpaired) electrons. The Hall–Kier alpha value is -4.50. The average molecular weight is 521 g/mol. The van der Waals surface area contributed by atoms with Crippen LogP contribution in [0.4, 0.5) is 0 Å². The van der Waals surface area contributed by atoms with E-state index in [9.17, 15) is 0 Å². The number of aromatic nitrogens is 1. The molecule has 4 aromatic rings. The van der Waals surface area contributed by atoms with E-state index in [-0.39, 0.29) is 12.0 Å². The van der Waals surface area contributed by atoms with Gasteiger partial charge in [0.15, 0.2) is 0 Å². The minimum atomic E-state index is 0.0589. The Balaban J connectivity index is 1.29. The molecule has 0 amide bonds. The maximum absolute atomic E-state index is 6.43. The molecule has 0 saturated carbocycles. The number of nitrogens with zero attached hydrogens (tertiary/aromatic N) is 2. The summed E-state index contributed by atoms with van der Waals surface area (Å²) in [5.74, 6) is 1.60. The van der Waals surface area contributed by atoms with Gasteiger partial charge in [-0.05, 0) is 67.0 Å². The molecule has 1 aromatic heterocycles. The smallest absolute Gasteiger partial charge is 0.128 e.